The highest BCUT2D eigenvalue weighted by Gasteiger charge is 2.34. The molecule has 0 aliphatic carbocycles. The molecule has 0 saturated heterocycles. The van der Waals surface area contributed by atoms with E-state index >= 15 is 0 Å². The summed E-state index contributed by atoms with van der Waals surface area (Å²) < 4.78 is 26.9. The molecule has 7 heteroatoms. The van der Waals surface area contributed by atoms with Crippen LogP contribution in [0.4, 0.5) is 0 Å². The molecule has 0 spiro atoms. The first kappa shape index (κ1) is 17.1. The molecule has 122 valence electrons. The van der Waals surface area contributed by atoms with Crippen LogP contribution in [-0.2, 0) is 22.7 Å². The topological polar surface area (TPSA) is 74.6 Å². The third-order valence-corrected chi connectivity index (χ3v) is 7.24. The molecule has 0 radical (unpaired) electrons. The molecule has 1 heterocycles. The fraction of sp³-hybridized carbons (Fsp3) is 0.250. The summed E-state index contributed by atoms with van der Waals surface area (Å²) in [7, 11) is -3.56. The molecule has 0 unspecified atom stereocenters. The Morgan fingerprint density at radius 2 is 1.17 bits per heavy atom. The minimum absolute atomic E-state index is 0.00685. The van der Waals surface area contributed by atoms with Gasteiger partial charge in [0.25, 0.3) is 0 Å². The Labute approximate surface area is 151 Å². The zero-order valence-electron chi connectivity index (χ0n) is 12.0. The molecule has 0 saturated carbocycles. The van der Waals surface area contributed by atoms with Gasteiger partial charge in [0.05, 0.1) is 9.79 Å². The number of sulfone groups is 1. The SMILES string of the molecule is O=S1(=O)c2cc(Br)c(CCO)cc2-c2cc(CCO)c(Br)cc21. The van der Waals surface area contributed by atoms with E-state index in [0.29, 0.717) is 32.9 Å². The Morgan fingerprint density at radius 3 is 1.52 bits per heavy atom. The smallest absolute Gasteiger partial charge is 0.207 e. The van der Waals surface area contributed by atoms with Gasteiger partial charge < -0.3 is 10.2 Å². The Kier molecular flexibility index (Phi) is 4.68. The summed E-state index contributed by atoms with van der Waals surface area (Å²) in [4.78, 5) is 0.545. The lowest BCUT2D eigenvalue weighted by Gasteiger charge is -2.08. The van der Waals surface area contributed by atoms with E-state index in [1.54, 1.807) is 12.1 Å². The standard InChI is InChI=1S/C16H14Br2O4S/c17-13-7-15-11(5-9(13)1-3-19)12-6-10(2-4-20)14(18)8-16(12)23(15,21)22/h5-8,19-20H,1-4H2. The van der Waals surface area contributed by atoms with Crippen LogP contribution < -0.4 is 0 Å². The van der Waals surface area contributed by atoms with Crippen LogP contribution in [0, 0.1) is 0 Å². The molecule has 0 bridgehead atoms. The summed E-state index contributed by atoms with van der Waals surface area (Å²) in [6, 6.07) is 6.84. The first-order valence-electron chi connectivity index (χ1n) is 7.02. The Morgan fingerprint density at radius 1 is 0.783 bits per heavy atom. The fourth-order valence-electron chi connectivity index (χ4n) is 2.81. The number of aliphatic hydroxyl groups is 2. The molecule has 1 aliphatic rings. The number of hydrogen-bond donors (Lipinski definition) is 2. The maximum Gasteiger partial charge on any atom is 0.207 e. The minimum atomic E-state index is -3.56. The van der Waals surface area contributed by atoms with Crippen molar-refractivity contribution in [2.75, 3.05) is 13.2 Å². The maximum atomic E-state index is 12.8. The van der Waals surface area contributed by atoms with Crippen molar-refractivity contribution in [1.82, 2.24) is 0 Å². The van der Waals surface area contributed by atoms with Crippen molar-refractivity contribution in [2.45, 2.75) is 22.6 Å². The molecular formula is C16H14Br2O4S. The maximum absolute atomic E-state index is 12.8. The van der Waals surface area contributed by atoms with Gasteiger partial charge in [0, 0.05) is 33.3 Å². The molecule has 0 aromatic heterocycles. The van der Waals surface area contributed by atoms with Crippen LogP contribution in [0.1, 0.15) is 11.1 Å². The Hall–Kier alpha value is -0.730. The highest BCUT2D eigenvalue weighted by molar-refractivity contribution is 9.10. The van der Waals surface area contributed by atoms with Gasteiger partial charge >= 0.3 is 0 Å². The van der Waals surface area contributed by atoms with Gasteiger partial charge in [-0.3, -0.25) is 0 Å². The van der Waals surface area contributed by atoms with Crippen LogP contribution in [-0.4, -0.2) is 31.8 Å². The second kappa shape index (κ2) is 6.29. The van der Waals surface area contributed by atoms with E-state index in [4.69, 9.17) is 10.2 Å². The van der Waals surface area contributed by atoms with Gasteiger partial charge in [-0.25, -0.2) is 8.42 Å². The van der Waals surface area contributed by atoms with Crippen molar-refractivity contribution in [1.29, 1.82) is 0 Å². The monoisotopic (exact) mass is 460 g/mol. The largest absolute Gasteiger partial charge is 0.396 e. The van der Waals surface area contributed by atoms with E-state index in [-0.39, 0.29) is 23.0 Å². The van der Waals surface area contributed by atoms with Gasteiger partial charge in [-0.05, 0) is 48.2 Å². The predicted octanol–water partition coefficient (Wildman–Crippen LogP) is 3.09. The fourth-order valence-corrected chi connectivity index (χ4v) is 5.89. The van der Waals surface area contributed by atoms with E-state index in [2.05, 4.69) is 31.9 Å². The average Bonchev–Trinajstić information content (AvgIpc) is 2.69. The number of fused-ring (bicyclic) bond motifs is 3. The second-order valence-electron chi connectivity index (χ2n) is 5.33. The van der Waals surface area contributed by atoms with E-state index in [0.717, 1.165) is 11.1 Å². The highest BCUT2D eigenvalue weighted by Crippen LogP contribution is 2.46. The molecule has 2 aromatic rings. The van der Waals surface area contributed by atoms with Crippen molar-refractivity contribution in [3.63, 3.8) is 0 Å². The van der Waals surface area contributed by atoms with Crippen LogP contribution in [0.5, 0.6) is 0 Å². The van der Waals surface area contributed by atoms with Crippen molar-refractivity contribution < 1.29 is 18.6 Å². The molecule has 2 N–H and O–H groups in total. The summed E-state index contributed by atoms with van der Waals surface area (Å²) in [6.07, 6.45) is 0.895. The number of hydrogen-bond acceptors (Lipinski definition) is 4. The van der Waals surface area contributed by atoms with Crippen molar-refractivity contribution in [3.8, 4) is 11.1 Å². The predicted molar refractivity (Wildman–Crippen MR) is 94.3 cm³/mol. The van der Waals surface area contributed by atoms with Gasteiger partial charge in [-0.2, -0.15) is 0 Å². The Bertz CT molecular complexity index is 824. The van der Waals surface area contributed by atoms with Crippen molar-refractivity contribution >= 4 is 41.7 Å². The van der Waals surface area contributed by atoms with Gasteiger partial charge in [-0.15, -0.1) is 0 Å². The zero-order valence-corrected chi connectivity index (χ0v) is 16.0. The molecule has 23 heavy (non-hydrogen) atoms. The average molecular weight is 462 g/mol. The lowest BCUT2D eigenvalue weighted by atomic mass is 9.99. The van der Waals surface area contributed by atoms with Crippen molar-refractivity contribution in [2.24, 2.45) is 0 Å². The van der Waals surface area contributed by atoms with E-state index in [1.165, 1.54) is 0 Å². The first-order valence-corrected chi connectivity index (χ1v) is 10.1. The number of aliphatic hydroxyl groups excluding tert-OH is 2. The number of rotatable bonds is 4. The quantitative estimate of drug-likeness (QED) is 0.626. The first-order chi connectivity index (χ1) is 10.9. The zero-order chi connectivity index (χ0) is 16.8. The minimum Gasteiger partial charge on any atom is -0.396 e. The third kappa shape index (κ3) is 2.78. The molecule has 1 aliphatic heterocycles. The lowest BCUT2D eigenvalue weighted by molar-refractivity contribution is 0.299. The van der Waals surface area contributed by atoms with Crippen LogP contribution in [0.25, 0.3) is 11.1 Å². The highest BCUT2D eigenvalue weighted by atomic mass is 79.9. The number of halogens is 2. The normalized spacial score (nSPS) is 14.6. The third-order valence-electron chi connectivity index (χ3n) is 3.93. The summed E-state index contributed by atoms with van der Waals surface area (Å²) in [5.74, 6) is 0. The summed E-state index contributed by atoms with van der Waals surface area (Å²) in [5, 5.41) is 18.3. The summed E-state index contributed by atoms with van der Waals surface area (Å²) in [6.45, 7) is -0.0137. The molecular weight excluding hydrogens is 448 g/mol. The van der Waals surface area contributed by atoms with Crippen LogP contribution in [0.2, 0.25) is 0 Å². The van der Waals surface area contributed by atoms with Crippen molar-refractivity contribution in [3.05, 3.63) is 44.3 Å². The molecule has 2 aromatic carbocycles. The van der Waals surface area contributed by atoms with Crippen LogP contribution >= 0.6 is 31.9 Å². The molecule has 0 fully saturated rings. The molecule has 0 atom stereocenters. The van der Waals surface area contributed by atoms with E-state index in [1.807, 2.05) is 12.1 Å². The summed E-state index contributed by atoms with van der Waals surface area (Å²) in [5.41, 5.74) is 3.03. The second-order valence-corrected chi connectivity index (χ2v) is 8.93. The van der Waals surface area contributed by atoms with Crippen LogP contribution in [0.3, 0.4) is 0 Å². The van der Waals surface area contributed by atoms with Gasteiger partial charge in [0.15, 0.2) is 0 Å². The molecule has 0 amide bonds. The van der Waals surface area contributed by atoms with Gasteiger partial charge in [-0.1, -0.05) is 31.9 Å². The van der Waals surface area contributed by atoms with Gasteiger partial charge in [0.2, 0.25) is 9.84 Å². The van der Waals surface area contributed by atoms with Gasteiger partial charge in [0.1, 0.15) is 0 Å². The molecule has 4 nitrogen and oxygen atoms in total. The van der Waals surface area contributed by atoms with E-state index in [9.17, 15) is 8.42 Å². The van der Waals surface area contributed by atoms with Crippen LogP contribution in [0.15, 0.2) is 43.0 Å². The lowest BCUT2D eigenvalue weighted by Crippen LogP contribution is -1.99. The number of benzene rings is 2. The van der Waals surface area contributed by atoms with E-state index < -0.39 is 9.84 Å². The Balaban J connectivity index is 2.29. The molecule has 3 rings (SSSR count). The summed E-state index contributed by atoms with van der Waals surface area (Å²) >= 11 is 6.77.